The number of aromatic nitrogens is 1. The summed E-state index contributed by atoms with van der Waals surface area (Å²) in [5.41, 5.74) is -0.0249. The molecule has 17 heavy (non-hydrogen) atoms. The Labute approximate surface area is 94.5 Å². The van der Waals surface area contributed by atoms with Crippen LogP contribution in [-0.4, -0.2) is 16.2 Å². The van der Waals surface area contributed by atoms with Gasteiger partial charge in [0, 0.05) is 5.56 Å². The fraction of sp³-hybridized carbons (Fsp3) is 0.0909. The van der Waals surface area contributed by atoms with Crippen molar-refractivity contribution in [3.05, 3.63) is 41.2 Å². The lowest BCUT2D eigenvalue weighted by Gasteiger charge is -1.99. The molecular formula is C11H7F2NO3. The monoisotopic (exact) mass is 239 g/mol. The number of hydrogen-bond donors (Lipinski definition) is 1. The van der Waals surface area contributed by atoms with E-state index in [4.69, 9.17) is 9.63 Å². The summed E-state index contributed by atoms with van der Waals surface area (Å²) in [7, 11) is 0. The summed E-state index contributed by atoms with van der Waals surface area (Å²) in [6.07, 6.45) is 0. The lowest BCUT2D eigenvalue weighted by atomic mass is 10.1. The zero-order valence-corrected chi connectivity index (χ0v) is 8.70. The molecule has 1 N–H and O–H groups in total. The van der Waals surface area contributed by atoms with E-state index in [1.807, 2.05) is 0 Å². The molecule has 0 atom stereocenters. The molecule has 0 aliphatic heterocycles. The molecule has 6 heteroatoms. The first kappa shape index (κ1) is 11.3. The smallest absolute Gasteiger partial charge is 0.341 e. The average molecular weight is 239 g/mol. The van der Waals surface area contributed by atoms with Gasteiger partial charge >= 0.3 is 5.97 Å². The van der Waals surface area contributed by atoms with Gasteiger partial charge in [-0.2, -0.15) is 0 Å². The first-order valence-electron chi connectivity index (χ1n) is 4.65. The van der Waals surface area contributed by atoms with Crippen molar-refractivity contribution >= 4 is 5.97 Å². The summed E-state index contributed by atoms with van der Waals surface area (Å²) in [6, 6.07) is 3.02. The van der Waals surface area contributed by atoms with Gasteiger partial charge in [-0.25, -0.2) is 13.6 Å². The van der Waals surface area contributed by atoms with Crippen LogP contribution in [0.15, 0.2) is 22.7 Å². The van der Waals surface area contributed by atoms with E-state index in [1.54, 1.807) is 0 Å². The van der Waals surface area contributed by atoms with E-state index >= 15 is 0 Å². The van der Waals surface area contributed by atoms with Crippen molar-refractivity contribution in [3.63, 3.8) is 0 Å². The first-order chi connectivity index (χ1) is 8.00. The molecule has 0 spiro atoms. The predicted octanol–water partition coefficient (Wildman–Crippen LogP) is 2.63. The standard InChI is InChI=1S/C11H7F2NO3/c1-5-9(11(15)16)10(14-17-5)6-2-3-7(12)8(13)4-6/h2-4H,1H3,(H,15,16). The molecule has 2 rings (SSSR count). The Morgan fingerprint density at radius 2 is 2.06 bits per heavy atom. The highest BCUT2D eigenvalue weighted by atomic mass is 19.2. The summed E-state index contributed by atoms with van der Waals surface area (Å²) < 4.78 is 30.5. The van der Waals surface area contributed by atoms with Gasteiger partial charge < -0.3 is 9.63 Å². The molecule has 0 radical (unpaired) electrons. The molecule has 2 aromatic rings. The minimum Gasteiger partial charge on any atom is -0.477 e. The molecule has 0 bridgehead atoms. The van der Waals surface area contributed by atoms with Crippen LogP contribution in [0.1, 0.15) is 16.1 Å². The molecule has 88 valence electrons. The Kier molecular flexibility index (Phi) is 2.63. The number of aromatic carboxylic acids is 1. The highest BCUT2D eigenvalue weighted by Gasteiger charge is 2.21. The van der Waals surface area contributed by atoms with E-state index in [0.717, 1.165) is 12.1 Å². The molecule has 0 unspecified atom stereocenters. The normalized spacial score (nSPS) is 10.5. The van der Waals surface area contributed by atoms with Crippen molar-refractivity contribution in [2.75, 3.05) is 0 Å². The SMILES string of the molecule is Cc1onc(-c2ccc(F)c(F)c2)c1C(=O)O. The summed E-state index contributed by atoms with van der Waals surface area (Å²) in [5, 5.41) is 12.5. The molecule has 0 aliphatic carbocycles. The van der Waals surface area contributed by atoms with Crippen LogP contribution in [0.25, 0.3) is 11.3 Å². The third-order valence-electron chi connectivity index (χ3n) is 2.27. The highest BCUT2D eigenvalue weighted by molar-refractivity contribution is 5.95. The van der Waals surface area contributed by atoms with Crippen LogP contribution < -0.4 is 0 Å². The van der Waals surface area contributed by atoms with E-state index in [2.05, 4.69) is 5.16 Å². The Morgan fingerprint density at radius 3 is 2.65 bits per heavy atom. The molecule has 0 aliphatic rings. The van der Waals surface area contributed by atoms with Gasteiger partial charge in [-0.1, -0.05) is 5.16 Å². The van der Waals surface area contributed by atoms with Crippen LogP contribution in [0.4, 0.5) is 8.78 Å². The largest absolute Gasteiger partial charge is 0.477 e. The van der Waals surface area contributed by atoms with Gasteiger partial charge in [-0.15, -0.1) is 0 Å². The fourth-order valence-corrected chi connectivity index (χ4v) is 1.46. The molecule has 1 aromatic heterocycles. The number of carboxylic acid groups (broad SMARTS) is 1. The van der Waals surface area contributed by atoms with E-state index in [1.165, 1.54) is 13.0 Å². The minimum atomic E-state index is -1.23. The predicted molar refractivity (Wildman–Crippen MR) is 53.6 cm³/mol. The number of rotatable bonds is 2. The van der Waals surface area contributed by atoms with Crippen molar-refractivity contribution in [1.82, 2.24) is 5.16 Å². The maximum absolute atomic E-state index is 13.0. The van der Waals surface area contributed by atoms with Crippen LogP contribution in [-0.2, 0) is 0 Å². The van der Waals surface area contributed by atoms with Gasteiger partial charge in [-0.05, 0) is 25.1 Å². The van der Waals surface area contributed by atoms with Crippen molar-refractivity contribution < 1.29 is 23.2 Å². The summed E-state index contributed by atoms with van der Waals surface area (Å²) in [6.45, 7) is 1.43. The van der Waals surface area contributed by atoms with E-state index < -0.39 is 17.6 Å². The van der Waals surface area contributed by atoms with E-state index in [-0.39, 0.29) is 22.6 Å². The summed E-state index contributed by atoms with van der Waals surface area (Å²) >= 11 is 0. The average Bonchev–Trinajstić information content (AvgIpc) is 2.64. The van der Waals surface area contributed by atoms with E-state index in [9.17, 15) is 13.6 Å². The number of benzene rings is 1. The van der Waals surface area contributed by atoms with E-state index in [0.29, 0.717) is 0 Å². The number of aryl methyl sites for hydroxylation is 1. The molecule has 1 heterocycles. The fourth-order valence-electron chi connectivity index (χ4n) is 1.46. The zero-order chi connectivity index (χ0) is 12.6. The maximum atomic E-state index is 13.0. The molecule has 1 aromatic carbocycles. The zero-order valence-electron chi connectivity index (χ0n) is 8.70. The Bertz CT molecular complexity index is 592. The lowest BCUT2D eigenvalue weighted by molar-refractivity contribution is 0.0695. The third-order valence-corrected chi connectivity index (χ3v) is 2.27. The second kappa shape index (κ2) is 3.97. The Hall–Kier alpha value is -2.24. The number of carboxylic acids is 1. The van der Waals surface area contributed by atoms with Gasteiger partial charge in [0.15, 0.2) is 11.6 Å². The topological polar surface area (TPSA) is 63.3 Å². The summed E-state index contributed by atoms with van der Waals surface area (Å²) in [5.74, 6) is -3.20. The van der Waals surface area contributed by atoms with Gasteiger partial charge in [0.1, 0.15) is 17.0 Å². The molecular weight excluding hydrogens is 232 g/mol. The number of halogens is 2. The highest BCUT2D eigenvalue weighted by Crippen LogP contribution is 2.26. The molecule has 0 saturated carbocycles. The van der Waals surface area contributed by atoms with Gasteiger partial charge in [0.2, 0.25) is 0 Å². The number of nitrogens with zero attached hydrogens (tertiary/aromatic N) is 1. The third kappa shape index (κ3) is 1.89. The number of hydrogen-bond acceptors (Lipinski definition) is 3. The lowest BCUT2D eigenvalue weighted by Crippen LogP contribution is -1.99. The molecule has 0 saturated heterocycles. The maximum Gasteiger partial charge on any atom is 0.341 e. The van der Waals surface area contributed by atoms with Crippen LogP contribution in [0.5, 0.6) is 0 Å². The second-order valence-corrected chi connectivity index (χ2v) is 3.40. The van der Waals surface area contributed by atoms with Gasteiger partial charge in [0.05, 0.1) is 0 Å². The molecule has 0 amide bonds. The van der Waals surface area contributed by atoms with Crippen molar-refractivity contribution in [2.45, 2.75) is 6.92 Å². The Morgan fingerprint density at radius 1 is 1.35 bits per heavy atom. The minimum absolute atomic E-state index is 0.0195. The van der Waals surface area contributed by atoms with Gasteiger partial charge in [-0.3, -0.25) is 0 Å². The first-order valence-corrected chi connectivity index (χ1v) is 4.65. The quantitative estimate of drug-likeness (QED) is 0.874. The van der Waals surface area contributed by atoms with Crippen LogP contribution in [0, 0.1) is 18.6 Å². The van der Waals surface area contributed by atoms with Crippen molar-refractivity contribution in [3.8, 4) is 11.3 Å². The van der Waals surface area contributed by atoms with Crippen molar-refractivity contribution in [2.24, 2.45) is 0 Å². The molecule has 0 fully saturated rings. The molecule has 4 nitrogen and oxygen atoms in total. The van der Waals surface area contributed by atoms with Crippen LogP contribution in [0.3, 0.4) is 0 Å². The van der Waals surface area contributed by atoms with Crippen LogP contribution in [0.2, 0.25) is 0 Å². The Balaban J connectivity index is 2.60. The van der Waals surface area contributed by atoms with Crippen LogP contribution >= 0.6 is 0 Å². The number of carbonyl (C=O) groups is 1. The van der Waals surface area contributed by atoms with Gasteiger partial charge in [0.25, 0.3) is 0 Å². The summed E-state index contributed by atoms with van der Waals surface area (Å²) in [4.78, 5) is 11.0. The second-order valence-electron chi connectivity index (χ2n) is 3.40. The van der Waals surface area contributed by atoms with Crippen molar-refractivity contribution in [1.29, 1.82) is 0 Å².